The average Bonchev–Trinajstić information content (AvgIpc) is 2.46. The largest absolute Gasteiger partial charge is 0.310 e. The summed E-state index contributed by atoms with van der Waals surface area (Å²) >= 11 is 9.75. The number of nitrogens with zero attached hydrogens (tertiary/aromatic N) is 1. The van der Waals surface area contributed by atoms with E-state index in [0.29, 0.717) is 0 Å². The quantitative estimate of drug-likeness (QED) is 0.769. The van der Waals surface area contributed by atoms with E-state index in [1.807, 2.05) is 13.1 Å². The molecule has 1 N–H and O–H groups in total. The van der Waals surface area contributed by atoms with Crippen LogP contribution in [-0.2, 0) is 6.42 Å². The van der Waals surface area contributed by atoms with Gasteiger partial charge in [-0.15, -0.1) is 0 Å². The van der Waals surface area contributed by atoms with Crippen molar-refractivity contribution in [3.05, 3.63) is 62.8 Å². The van der Waals surface area contributed by atoms with Crippen LogP contribution in [0.1, 0.15) is 36.1 Å². The summed E-state index contributed by atoms with van der Waals surface area (Å²) in [6.45, 7) is 5.18. The van der Waals surface area contributed by atoms with Gasteiger partial charge in [0.05, 0.1) is 0 Å². The lowest BCUT2D eigenvalue weighted by atomic mass is 9.98. The number of aryl methyl sites for hydroxylation is 1. The third kappa shape index (κ3) is 4.80. The molecule has 1 aromatic carbocycles. The summed E-state index contributed by atoms with van der Waals surface area (Å²) in [6, 6.07) is 8.66. The van der Waals surface area contributed by atoms with Crippen LogP contribution in [0.5, 0.6) is 0 Å². The summed E-state index contributed by atoms with van der Waals surface area (Å²) < 4.78 is 1.01. The molecule has 0 radical (unpaired) electrons. The highest BCUT2D eigenvalue weighted by Gasteiger charge is 2.13. The lowest BCUT2D eigenvalue weighted by molar-refractivity contribution is 0.528. The van der Waals surface area contributed by atoms with Gasteiger partial charge in [0.1, 0.15) is 0 Å². The van der Waals surface area contributed by atoms with Crippen LogP contribution in [0.15, 0.2) is 41.1 Å². The Balaban J connectivity index is 2.22. The Morgan fingerprint density at radius 2 is 2.10 bits per heavy atom. The first-order valence-corrected chi connectivity index (χ1v) is 8.36. The molecule has 2 nitrogen and oxygen atoms in total. The Hall–Kier alpha value is -0.900. The van der Waals surface area contributed by atoms with Crippen LogP contribution in [-0.4, -0.2) is 11.5 Å². The van der Waals surface area contributed by atoms with Crippen molar-refractivity contribution in [3.63, 3.8) is 0 Å². The highest BCUT2D eigenvalue weighted by atomic mass is 79.9. The van der Waals surface area contributed by atoms with Gasteiger partial charge in [0.25, 0.3) is 0 Å². The summed E-state index contributed by atoms with van der Waals surface area (Å²) in [5.41, 5.74) is 3.53. The van der Waals surface area contributed by atoms with Crippen molar-refractivity contribution < 1.29 is 0 Å². The molecular formula is C17H20BrClN2. The third-order valence-electron chi connectivity index (χ3n) is 3.44. The van der Waals surface area contributed by atoms with Gasteiger partial charge in [-0.3, -0.25) is 4.98 Å². The second kappa shape index (κ2) is 7.92. The zero-order chi connectivity index (χ0) is 15.2. The van der Waals surface area contributed by atoms with Gasteiger partial charge >= 0.3 is 0 Å². The van der Waals surface area contributed by atoms with E-state index >= 15 is 0 Å². The SMILES string of the molecule is CCCNC(Cc1cncc(Br)c1)c1ccc(C)c(Cl)c1. The maximum absolute atomic E-state index is 6.27. The van der Waals surface area contributed by atoms with Gasteiger partial charge in [-0.1, -0.05) is 30.7 Å². The Morgan fingerprint density at radius 1 is 1.29 bits per heavy atom. The zero-order valence-electron chi connectivity index (χ0n) is 12.4. The maximum atomic E-state index is 6.27. The van der Waals surface area contributed by atoms with Crippen molar-refractivity contribution in [1.82, 2.24) is 10.3 Å². The lowest BCUT2D eigenvalue weighted by Crippen LogP contribution is -2.24. The molecule has 21 heavy (non-hydrogen) atoms. The van der Waals surface area contributed by atoms with Gasteiger partial charge in [-0.25, -0.2) is 0 Å². The number of hydrogen-bond acceptors (Lipinski definition) is 2. The van der Waals surface area contributed by atoms with Gasteiger partial charge in [-0.05, 0) is 71.1 Å². The molecule has 0 bridgehead atoms. The molecule has 0 amide bonds. The number of pyridine rings is 1. The first-order valence-electron chi connectivity index (χ1n) is 7.19. The normalized spacial score (nSPS) is 12.4. The standard InChI is InChI=1S/C17H20BrClN2/c1-3-6-21-17(8-13-7-15(18)11-20-10-13)14-5-4-12(2)16(19)9-14/h4-5,7,9-11,17,21H,3,6,8H2,1-2H3. The molecule has 4 heteroatoms. The Bertz CT molecular complexity index is 601. The number of aromatic nitrogens is 1. The third-order valence-corrected chi connectivity index (χ3v) is 4.28. The summed E-state index contributed by atoms with van der Waals surface area (Å²) in [6.07, 6.45) is 5.72. The number of hydrogen-bond donors (Lipinski definition) is 1. The van der Waals surface area contributed by atoms with E-state index in [0.717, 1.165) is 34.4 Å². The van der Waals surface area contributed by atoms with Gasteiger partial charge in [0.15, 0.2) is 0 Å². The van der Waals surface area contributed by atoms with Crippen LogP contribution in [0.25, 0.3) is 0 Å². The Kier molecular flexibility index (Phi) is 6.22. The van der Waals surface area contributed by atoms with Gasteiger partial charge < -0.3 is 5.32 Å². The molecule has 2 rings (SSSR count). The van der Waals surface area contributed by atoms with Crippen molar-refractivity contribution in [2.24, 2.45) is 0 Å². The number of halogens is 2. The first-order chi connectivity index (χ1) is 10.1. The minimum absolute atomic E-state index is 0.249. The summed E-state index contributed by atoms with van der Waals surface area (Å²) in [7, 11) is 0. The van der Waals surface area contributed by atoms with Crippen molar-refractivity contribution in [1.29, 1.82) is 0 Å². The fourth-order valence-electron chi connectivity index (χ4n) is 2.26. The summed E-state index contributed by atoms with van der Waals surface area (Å²) in [5, 5.41) is 4.42. The number of nitrogens with one attached hydrogen (secondary N) is 1. The first kappa shape index (κ1) is 16.5. The fourth-order valence-corrected chi connectivity index (χ4v) is 2.86. The predicted molar refractivity (Wildman–Crippen MR) is 92.9 cm³/mol. The highest BCUT2D eigenvalue weighted by molar-refractivity contribution is 9.10. The molecule has 0 fully saturated rings. The van der Waals surface area contributed by atoms with Gasteiger partial charge in [0, 0.05) is 27.9 Å². The molecular weight excluding hydrogens is 348 g/mol. The van der Waals surface area contributed by atoms with Crippen molar-refractivity contribution in [2.75, 3.05) is 6.54 Å². The second-order valence-corrected chi connectivity index (χ2v) is 6.55. The van der Waals surface area contributed by atoms with Gasteiger partial charge in [-0.2, -0.15) is 0 Å². The molecule has 0 spiro atoms. The predicted octanol–water partition coefficient (Wildman–Crippen LogP) is 5.09. The van der Waals surface area contributed by atoms with Crippen LogP contribution in [0.4, 0.5) is 0 Å². The molecule has 0 saturated carbocycles. The van der Waals surface area contributed by atoms with E-state index < -0.39 is 0 Å². The molecule has 0 aliphatic carbocycles. The van der Waals surface area contributed by atoms with Crippen LogP contribution in [0, 0.1) is 6.92 Å². The lowest BCUT2D eigenvalue weighted by Gasteiger charge is -2.20. The second-order valence-electron chi connectivity index (χ2n) is 5.23. The maximum Gasteiger partial charge on any atom is 0.0438 e. The summed E-state index contributed by atoms with van der Waals surface area (Å²) in [4.78, 5) is 4.24. The molecule has 1 aromatic heterocycles. The van der Waals surface area contributed by atoms with E-state index in [1.54, 1.807) is 6.20 Å². The molecule has 2 aromatic rings. The van der Waals surface area contributed by atoms with Gasteiger partial charge in [0.2, 0.25) is 0 Å². The zero-order valence-corrected chi connectivity index (χ0v) is 14.7. The molecule has 0 saturated heterocycles. The van der Waals surface area contributed by atoms with E-state index in [2.05, 4.69) is 57.4 Å². The Morgan fingerprint density at radius 3 is 2.76 bits per heavy atom. The number of rotatable bonds is 6. The summed E-state index contributed by atoms with van der Waals surface area (Å²) in [5.74, 6) is 0. The fraction of sp³-hybridized carbons (Fsp3) is 0.353. The molecule has 1 heterocycles. The topological polar surface area (TPSA) is 24.9 Å². The molecule has 0 aliphatic rings. The van der Waals surface area contributed by atoms with E-state index in [1.165, 1.54) is 11.1 Å². The average molecular weight is 368 g/mol. The molecule has 1 atom stereocenters. The van der Waals surface area contributed by atoms with Crippen LogP contribution >= 0.6 is 27.5 Å². The van der Waals surface area contributed by atoms with Crippen molar-refractivity contribution >= 4 is 27.5 Å². The van der Waals surface area contributed by atoms with Crippen LogP contribution in [0.3, 0.4) is 0 Å². The highest BCUT2D eigenvalue weighted by Crippen LogP contribution is 2.24. The van der Waals surface area contributed by atoms with E-state index in [4.69, 9.17) is 11.6 Å². The van der Waals surface area contributed by atoms with Crippen molar-refractivity contribution in [2.45, 2.75) is 32.7 Å². The smallest absolute Gasteiger partial charge is 0.0438 e. The van der Waals surface area contributed by atoms with Crippen LogP contribution in [0.2, 0.25) is 5.02 Å². The molecule has 112 valence electrons. The van der Waals surface area contributed by atoms with E-state index in [9.17, 15) is 0 Å². The Labute approximate surface area is 140 Å². The molecule has 1 unspecified atom stereocenters. The minimum atomic E-state index is 0.249. The molecule has 0 aliphatic heterocycles. The van der Waals surface area contributed by atoms with Crippen LogP contribution < -0.4 is 5.32 Å². The monoisotopic (exact) mass is 366 g/mol. The van der Waals surface area contributed by atoms with E-state index in [-0.39, 0.29) is 6.04 Å². The number of benzene rings is 1. The van der Waals surface area contributed by atoms with Crippen molar-refractivity contribution in [3.8, 4) is 0 Å². The minimum Gasteiger partial charge on any atom is -0.310 e.